The molecule has 1 aromatic carbocycles. The fourth-order valence-corrected chi connectivity index (χ4v) is 1.80. The maximum atomic E-state index is 11.4. The fourth-order valence-electron chi connectivity index (χ4n) is 1.68. The first-order valence-electron chi connectivity index (χ1n) is 5.87. The van der Waals surface area contributed by atoms with E-state index in [1.165, 1.54) is 24.3 Å². The number of nitrogens with one attached hydrogen (secondary N) is 1. The van der Waals surface area contributed by atoms with Gasteiger partial charge < -0.3 is 10.4 Å². The summed E-state index contributed by atoms with van der Waals surface area (Å²) in [5.74, 6) is -0.596. The third-order valence-electron chi connectivity index (χ3n) is 2.79. The molecule has 0 saturated carbocycles. The summed E-state index contributed by atoms with van der Waals surface area (Å²) in [5.41, 5.74) is 0.392. The molecule has 0 saturated heterocycles. The van der Waals surface area contributed by atoms with Gasteiger partial charge in [-0.25, -0.2) is 0 Å². The molecular formula is C12H14Cl2N2O4. The summed E-state index contributed by atoms with van der Waals surface area (Å²) >= 11 is 10.9. The minimum absolute atomic E-state index is 0.0698. The molecule has 110 valence electrons. The van der Waals surface area contributed by atoms with Gasteiger partial charge in [-0.15, -0.1) is 0 Å². The third kappa shape index (κ3) is 4.33. The second-order valence-corrected chi connectivity index (χ2v) is 5.21. The second kappa shape index (κ2) is 7.42. The molecule has 0 aliphatic rings. The number of carbonyl (C=O) groups is 1. The average Bonchev–Trinajstić information content (AvgIpc) is 2.43. The molecular weight excluding hydrogens is 307 g/mol. The van der Waals surface area contributed by atoms with Gasteiger partial charge in [0.25, 0.3) is 11.6 Å². The molecule has 0 aliphatic heterocycles. The van der Waals surface area contributed by atoms with Crippen molar-refractivity contribution < 1.29 is 14.8 Å². The standard InChI is InChI=1S/C12H14Cl2N2O4/c1-2-9(15-12(18)11(13)14)10(17)7-3-5-8(6-4-7)16(19)20/h3-6,9-11,17H,2H2,1H3,(H,15,18)/t9-,10+/m1/s1. The van der Waals surface area contributed by atoms with Gasteiger partial charge >= 0.3 is 0 Å². The van der Waals surface area contributed by atoms with Crippen LogP contribution in [0, 0.1) is 10.1 Å². The molecule has 0 fully saturated rings. The van der Waals surface area contributed by atoms with Gasteiger partial charge in [0.15, 0.2) is 4.84 Å². The van der Waals surface area contributed by atoms with Crippen LogP contribution >= 0.6 is 23.2 Å². The van der Waals surface area contributed by atoms with Crippen LogP contribution in [0.2, 0.25) is 0 Å². The molecule has 0 aliphatic carbocycles. The molecule has 0 bridgehead atoms. The first-order chi connectivity index (χ1) is 9.36. The first kappa shape index (κ1) is 16.7. The van der Waals surface area contributed by atoms with Crippen LogP contribution < -0.4 is 5.32 Å². The van der Waals surface area contributed by atoms with Gasteiger partial charge in [0.1, 0.15) is 0 Å². The summed E-state index contributed by atoms with van der Waals surface area (Å²) in [5, 5.41) is 23.2. The number of benzene rings is 1. The summed E-state index contributed by atoms with van der Waals surface area (Å²) in [4.78, 5) is 20.2. The Kier molecular flexibility index (Phi) is 6.19. The molecule has 0 heterocycles. The van der Waals surface area contributed by atoms with Crippen molar-refractivity contribution in [1.82, 2.24) is 5.32 Å². The molecule has 8 heteroatoms. The van der Waals surface area contributed by atoms with E-state index in [2.05, 4.69) is 5.32 Å². The number of aliphatic hydroxyl groups excluding tert-OH is 1. The van der Waals surface area contributed by atoms with Crippen molar-refractivity contribution in [3.63, 3.8) is 0 Å². The lowest BCUT2D eigenvalue weighted by molar-refractivity contribution is -0.384. The molecule has 0 aromatic heterocycles. The zero-order valence-corrected chi connectivity index (χ0v) is 12.1. The molecule has 0 radical (unpaired) electrons. The number of aliphatic hydroxyl groups is 1. The number of carbonyl (C=O) groups excluding carboxylic acids is 1. The summed E-state index contributed by atoms with van der Waals surface area (Å²) in [6.07, 6.45) is -0.554. The molecule has 0 spiro atoms. The van der Waals surface area contributed by atoms with Gasteiger partial charge in [-0.05, 0) is 24.1 Å². The Labute approximate surface area is 125 Å². The number of non-ortho nitro benzene ring substituents is 1. The maximum Gasteiger partial charge on any atom is 0.269 e. The number of nitrogens with zero attached hydrogens (tertiary/aromatic N) is 1. The number of rotatable bonds is 6. The molecule has 1 amide bonds. The molecule has 0 unspecified atom stereocenters. The van der Waals surface area contributed by atoms with E-state index in [1.807, 2.05) is 0 Å². The van der Waals surface area contributed by atoms with Crippen molar-refractivity contribution in [1.29, 1.82) is 0 Å². The Bertz CT molecular complexity index is 479. The van der Waals surface area contributed by atoms with E-state index in [0.29, 0.717) is 12.0 Å². The summed E-state index contributed by atoms with van der Waals surface area (Å²) in [6.45, 7) is 1.77. The van der Waals surface area contributed by atoms with Crippen LogP contribution in [0.5, 0.6) is 0 Å². The van der Waals surface area contributed by atoms with Crippen LogP contribution in [0.15, 0.2) is 24.3 Å². The highest BCUT2D eigenvalue weighted by molar-refractivity contribution is 6.53. The highest BCUT2D eigenvalue weighted by Crippen LogP contribution is 2.22. The van der Waals surface area contributed by atoms with Crippen molar-refractivity contribution in [3.8, 4) is 0 Å². The first-order valence-corrected chi connectivity index (χ1v) is 6.75. The molecule has 2 N–H and O–H groups in total. The van der Waals surface area contributed by atoms with Crippen LogP contribution in [0.1, 0.15) is 25.0 Å². The van der Waals surface area contributed by atoms with E-state index in [0.717, 1.165) is 0 Å². The predicted octanol–water partition coefficient (Wildman–Crippen LogP) is 2.33. The van der Waals surface area contributed by atoms with E-state index in [1.54, 1.807) is 6.92 Å². The normalized spacial score (nSPS) is 13.8. The zero-order valence-electron chi connectivity index (χ0n) is 10.6. The lowest BCUT2D eigenvalue weighted by Crippen LogP contribution is -2.41. The number of nitro benzene ring substituents is 1. The number of amides is 1. The minimum atomic E-state index is -1.21. The van der Waals surface area contributed by atoms with E-state index < -0.39 is 27.8 Å². The highest BCUT2D eigenvalue weighted by Gasteiger charge is 2.24. The SMILES string of the molecule is CC[C@@H](NC(=O)C(Cl)Cl)[C@@H](O)c1ccc([N+](=O)[O-])cc1. The van der Waals surface area contributed by atoms with E-state index in [-0.39, 0.29) is 5.69 Å². The Morgan fingerprint density at radius 1 is 1.40 bits per heavy atom. The Morgan fingerprint density at radius 2 is 1.95 bits per heavy atom. The Morgan fingerprint density at radius 3 is 2.35 bits per heavy atom. The fraction of sp³-hybridized carbons (Fsp3) is 0.417. The van der Waals surface area contributed by atoms with Crippen LogP contribution in [0.4, 0.5) is 5.69 Å². The lowest BCUT2D eigenvalue weighted by Gasteiger charge is -2.23. The molecule has 2 atom stereocenters. The van der Waals surface area contributed by atoms with E-state index in [4.69, 9.17) is 23.2 Å². The number of alkyl halides is 2. The van der Waals surface area contributed by atoms with Gasteiger partial charge in [0.2, 0.25) is 0 Å². The van der Waals surface area contributed by atoms with Gasteiger partial charge in [-0.3, -0.25) is 14.9 Å². The average molecular weight is 321 g/mol. The van der Waals surface area contributed by atoms with Gasteiger partial charge in [-0.2, -0.15) is 0 Å². The van der Waals surface area contributed by atoms with Crippen molar-refractivity contribution in [2.45, 2.75) is 30.3 Å². The topological polar surface area (TPSA) is 92.5 Å². The highest BCUT2D eigenvalue weighted by atomic mass is 35.5. The molecule has 1 rings (SSSR count). The van der Waals surface area contributed by atoms with Crippen molar-refractivity contribution >= 4 is 34.8 Å². The van der Waals surface area contributed by atoms with Gasteiger partial charge in [-0.1, -0.05) is 30.1 Å². The Balaban J connectivity index is 2.82. The Hall–Kier alpha value is -1.37. The van der Waals surface area contributed by atoms with Crippen molar-refractivity contribution in [3.05, 3.63) is 39.9 Å². The van der Waals surface area contributed by atoms with Crippen LogP contribution in [-0.2, 0) is 4.79 Å². The molecule has 1 aromatic rings. The lowest BCUT2D eigenvalue weighted by atomic mass is 10.00. The molecule has 20 heavy (non-hydrogen) atoms. The van der Waals surface area contributed by atoms with Crippen molar-refractivity contribution in [2.24, 2.45) is 0 Å². The van der Waals surface area contributed by atoms with Gasteiger partial charge in [0, 0.05) is 12.1 Å². The predicted molar refractivity (Wildman–Crippen MR) is 75.8 cm³/mol. The summed E-state index contributed by atoms with van der Waals surface area (Å²) in [6, 6.07) is 4.88. The number of nitro groups is 1. The third-order valence-corrected chi connectivity index (χ3v) is 3.19. The van der Waals surface area contributed by atoms with E-state index in [9.17, 15) is 20.0 Å². The number of halogens is 2. The van der Waals surface area contributed by atoms with Crippen LogP contribution in [0.25, 0.3) is 0 Å². The van der Waals surface area contributed by atoms with Gasteiger partial charge in [0.05, 0.1) is 17.1 Å². The summed E-state index contributed by atoms with van der Waals surface area (Å²) < 4.78 is 0. The minimum Gasteiger partial charge on any atom is -0.386 e. The monoisotopic (exact) mass is 320 g/mol. The number of hydrogen-bond acceptors (Lipinski definition) is 4. The second-order valence-electron chi connectivity index (χ2n) is 4.12. The van der Waals surface area contributed by atoms with Crippen LogP contribution in [-0.4, -0.2) is 26.8 Å². The maximum absolute atomic E-state index is 11.4. The van der Waals surface area contributed by atoms with E-state index >= 15 is 0 Å². The van der Waals surface area contributed by atoms with Crippen molar-refractivity contribution in [2.75, 3.05) is 0 Å². The largest absolute Gasteiger partial charge is 0.386 e. The summed E-state index contributed by atoms with van der Waals surface area (Å²) in [7, 11) is 0. The number of hydrogen-bond donors (Lipinski definition) is 2. The molecule has 6 nitrogen and oxygen atoms in total. The smallest absolute Gasteiger partial charge is 0.269 e. The zero-order chi connectivity index (χ0) is 15.3. The quantitative estimate of drug-likeness (QED) is 0.478. The van der Waals surface area contributed by atoms with Crippen LogP contribution in [0.3, 0.4) is 0 Å².